The lowest BCUT2D eigenvalue weighted by Gasteiger charge is -2.29. The summed E-state index contributed by atoms with van der Waals surface area (Å²) in [5, 5.41) is 6.54. The van der Waals surface area contributed by atoms with Gasteiger partial charge >= 0.3 is 5.69 Å². The number of hydrogen-bond acceptors (Lipinski definition) is 5. The van der Waals surface area contributed by atoms with Crippen molar-refractivity contribution >= 4 is 22.8 Å². The Morgan fingerprint density at radius 1 is 0.906 bits per heavy atom. The maximum atomic E-state index is 13.6. The van der Waals surface area contributed by atoms with Crippen LogP contribution in [0.4, 0.5) is 5.95 Å². The second-order valence-corrected chi connectivity index (χ2v) is 8.13. The van der Waals surface area contributed by atoms with Crippen molar-refractivity contribution in [1.29, 1.82) is 0 Å². The maximum Gasteiger partial charge on any atom is 0.332 e. The Kier molecular flexibility index (Phi) is 4.77. The molecule has 3 heterocycles. The van der Waals surface area contributed by atoms with E-state index in [1.54, 1.807) is 12.1 Å². The Labute approximate surface area is 184 Å². The third kappa shape index (κ3) is 3.15. The molecule has 0 aliphatic carbocycles. The van der Waals surface area contributed by atoms with E-state index in [1.165, 1.54) is 9.13 Å². The number of rotatable bonds is 4. The van der Waals surface area contributed by atoms with Crippen LogP contribution < -0.4 is 16.3 Å². The fourth-order valence-corrected chi connectivity index (χ4v) is 4.15. The van der Waals surface area contributed by atoms with Gasteiger partial charge < -0.3 is 0 Å². The molecule has 1 aliphatic rings. The number of aryl methyl sites for hydroxylation is 1. The first-order chi connectivity index (χ1) is 15.5. The first-order valence-corrected chi connectivity index (χ1v) is 10.6. The Morgan fingerprint density at radius 2 is 1.50 bits per heavy atom. The monoisotopic (exact) mass is 428 g/mol. The maximum absolute atomic E-state index is 13.6. The van der Waals surface area contributed by atoms with Gasteiger partial charge in [-0.2, -0.15) is 10.1 Å². The smallest absolute Gasteiger partial charge is 0.294 e. The number of imidazole rings is 1. The predicted molar refractivity (Wildman–Crippen MR) is 125 cm³/mol. The standard InChI is InChI=1S/C24H24N6O2/c1-16-17(2)30-20-21(25-23(30)29(26-16)15-19-12-8-5-9-13-19)27(3)24(32)28(22(20)31)14-18-10-6-4-7-11-18/h4-13,17H,14-15H2,1-3H3/t17-/m0/s1. The highest BCUT2D eigenvalue weighted by molar-refractivity contribution is 5.91. The molecule has 0 spiro atoms. The minimum atomic E-state index is -0.387. The van der Waals surface area contributed by atoms with E-state index in [-0.39, 0.29) is 23.8 Å². The van der Waals surface area contributed by atoms with Crippen molar-refractivity contribution in [3.63, 3.8) is 0 Å². The highest BCUT2D eigenvalue weighted by Crippen LogP contribution is 2.30. The van der Waals surface area contributed by atoms with Gasteiger partial charge in [-0.25, -0.2) is 9.80 Å². The summed E-state index contributed by atoms with van der Waals surface area (Å²) in [7, 11) is 1.66. The van der Waals surface area contributed by atoms with Crippen molar-refractivity contribution in [2.45, 2.75) is 33.0 Å². The van der Waals surface area contributed by atoms with Crippen molar-refractivity contribution in [3.05, 3.63) is 92.6 Å². The molecule has 0 fully saturated rings. The van der Waals surface area contributed by atoms with Crippen LogP contribution in [0.25, 0.3) is 11.2 Å². The third-order valence-corrected chi connectivity index (χ3v) is 6.02. The van der Waals surface area contributed by atoms with Gasteiger partial charge in [0.25, 0.3) is 5.56 Å². The van der Waals surface area contributed by atoms with E-state index in [9.17, 15) is 9.59 Å². The second kappa shape index (κ2) is 7.64. The lowest BCUT2D eigenvalue weighted by Crippen LogP contribution is -2.40. The molecule has 8 heteroatoms. The molecule has 0 bridgehead atoms. The van der Waals surface area contributed by atoms with Crippen molar-refractivity contribution in [1.82, 2.24) is 18.7 Å². The van der Waals surface area contributed by atoms with Gasteiger partial charge in [0.15, 0.2) is 11.2 Å². The van der Waals surface area contributed by atoms with E-state index in [4.69, 9.17) is 10.1 Å². The molecule has 4 aromatic rings. The molecule has 5 rings (SSSR count). The topological polar surface area (TPSA) is 77.4 Å². The molecule has 0 amide bonds. The van der Waals surface area contributed by atoms with Gasteiger partial charge in [0.1, 0.15) is 0 Å². The Hall–Kier alpha value is -3.94. The molecule has 32 heavy (non-hydrogen) atoms. The number of hydrogen-bond donors (Lipinski definition) is 0. The van der Waals surface area contributed by atoms with Gasteiger partial charge in [0, 0.05) is 7.05 Å². The summed E-state index contributed by atoms with van der Waals surface area (Å²) in [5.74, 6) is 0.562. The van der Waals surface area contributed by atoms with Gasteiger partial charge in [0.2, 0.25) is 5.95 Å². The summed E-state index contributed by atoms with van der Waals surface area (Å²) in [6.45, 7) is 4.66. The lowest BCUT2D eigenvalue weighted by molar-refractivity contribution is 0.626. The fraction of sp³-hybridized carbons (Fsp3) is 0.250. The van der Waals surface area contributed by atoms with Crippen LogP contribution in [0.5, 0.6) is 0 Å². The van der Waals surface area contributed by atoms with Gasteiger partial charge in [0.05, 0.1) is 24.8 Å². The van der Waals surface area contributed by atoms with Gasteiger partial charge in [-0.1, -0.05) is 60.7 Å². The van der Waals surface area contributed by atoms with Gasteiger partial charge in [-0.3, -0.25) is 18.5 Å². The molecule has 1 aliphatic heterocycles. The quantitative estimate of drug-likeness (QED) is 0.501. The Bertz CT molecular complexity index is 1450. The van der Waals surface area contributed by atoms with Gasteiger partial charge in [-0.15, -0.1) is 0 Å². The average Bonchev–Trinajstić information content (AvgIpc) is 3.22. The van der Waals surface area contributed by atoms with E-state index in [0.717, 1.165) is 16.8 Å². The highest BCUT2D eigenvalue weighted by atomic mass is 16.2. The molecule has 2 aromatic carbocycles. The lowest BCUT2D eigenvalue weighted by atomic mass is 10.2. The molecular formula is C24H24N6O2. The molecule has 0 radical (unpaired) electrons. The van der Waals surface area contributed by atoms with Crippen LogP contribution in [-0.2, 0) is 20.1 Å². The van der Waals surface area contributed by atoms with E-state index in [0.29, 0.717) is 23.7 Å². The Morgan fingerprint density at radius 3 is 2.12 bits per heavy atom. The molecule has 0 N–H and O–H groups in total. The minimum absolute atomic E-state index is 0.155. The number of benzene rings is 2. The van der Waals surface area contributed by atoms with Crippen LogP contribution in [0, 0.1) is 0 Å². The van der Waals surface area contributed by atoms with Crippen molar-refractivity contribution in [2.24, 2.45) is 12.1 Å². The molecule has 8 nitrogen and oxygen atoms in total. The number of aromatic nitrogens is 4. The summed E-state index contributed by atoms with van der Waals surface area (Å²) in [5.41, 5.74) is 2.89. The first-order valence-electron chi connectivity index (χ1n) is 10.6. The van der Waals surface area contributed by atoms with Crippen LogP contribution in [0.3, 0.4) is 0 Å². The summed E-state index contributed by atoms with van der Waals surface area (Å²) in [4.78, 5) is 31.4. The van der Waals surface area contributed by atoms with Crippen molar-refractivity contribution in [2.75, 3.05) is 5.01 Å². The zero-order valence-corrected chi connectivity index (χ0v) is 18.3. The number of nitrogens with zero attached hydrogens (tertiary/aromatic N) is 6. The van der Waals surface area contributed by atoms with Gasteiger partial charge in [-0.05, 0) is 25.0 Å². The van der Waals surface area contributed by atoms with E-state index in [2.05, 4.69) is 0 Å². The number of fused-ring (bicyclic) bond motifs is 3. The molecular weight excluding hydrogens is 404 g/mol. The Balaban J connectivity index is 1.71. The summed E-state index contributed by atoms with van der Waals surface area (Å²) >= 11 is 0. The molecule has 162 valence electrons. The first kappa shape index (κ1) is 20.0. The van der Waals surface area contributed by atoms with Crippen LogP contribution in [0.2, 0.25) is 0 Å². The summed E-state index contributed by atoms with van der Waals surface area (Å²) in [6.07, 6.45) is 0. The van der Waals surface area contributed by atoms with E-state index >= 15 is 0 Å². The summed E-state index contributed by atoms with van der Waals surface area (Å²) in [6, 6.07) is 19.3. The molecule has 2 aromatic heterocycles. The van der Waals surface area contributed by atoms with E-state index < -0.39 is 0 Å². The molecule has 1 atom stereocenters. The van der Waals surface area contributed by atoms with E-state index in [1.807, 2.05) is 79.1 Å². The summed E-state index contributed by atoms with van der Waals surface area (Å²) < 4.78 is 4.64. The van der Waals surface area contributed by atoms with Crippen molar-refractivity contribution < 1.29 is 0 Å². The van der Waals surface area contributed by atoms with Crippen molar-refractivity contribution in [3.8, 4) is 0 Å². The SMILES string of the molecule is CC1=NN(Cc2ccccc2)c2nc3c(c(=O)n(Cc4ccccc4)c(=O)n3C)n2[C@H]1C. The number of hydrazone groups is 1. The second-order valence-electron chi connectivity index (χ2n) is 8.13. The zero-order valence-electron chi connectivity index (χ0n) is 18.3. The normalized spacial score (nSPS) is 15.7. The third-order valence-electron chi connectivity index (χ3n) is 6.02. The van der Waals surface area contributed by atoms with Crippen LogP contribution in [0.15, 0.2) is 75.4 Å². The molecule has 0 saturated carbocycles. The fourth-order valence-electron chi connectivity index (χ4n) is 4.15. The van der Waals surface area contributed by atoms with Crippen LogP contribution in [-0.4, -0.2) is 24.4 Å². The number of anilines is 1. The molecule has 0 unspecified atom stereocenters. The van der Waals surface area contributed by atoms with Crippen LogP contribution >= 0.6 is 0 Å². The minimum Gasteiger partial charge on any atom is -0.294 e. The predicted octanol–water partition coefficient (Wildman–Crippen LogP) is 2.90. The average molecular weight is 428 g/mol. The van der Waals surface area contributed by atoms with Crippen LogP contribution in [0.1, 0.15) is 31.0 Å². The highest BCUT2D eigenvalue weighted by Gasteiger charge is 2.30. The largest absolute Gasteiger partial charge is 0.332 e. The zero-order chi connectivity index (χ0) is 22.4. The molecule has 0 saturated heterocycles.